The van der Waals surface area contributed by atoms with Gasteiger partial charge in [-0.05, 0) is 68.7 Å². The number of esters is 1. The number of fused-ring (bicyclic) bond motifs is 2. The quantitative estimate of drug-likeness (QED) is 0.0952. The topological polar surface area (TPSA) is 152 Å². The Labute approximate surface area is 240 Å². The summed E-state index contributed by atoms with van der Waals surface area (Å²) in [5.41, 5.74) is 4.55. The number of anilines is 1. The van der Waals surface area contributed by atoms with Gasteiger partial charge in [0, 0.05) is 30.4 Å². The Balaban J connectivity index is 1.65. The summed E-state index contributed by atoms with van der Waals surface area (Å²) in [5.74, 6) is -1.54. The second-order valence-corrected chi connectivity index (χ2v) is 11.0. The number of nitrogen functional groups attached to an aromatic ring is 1. The second kappa shape index (κ2) is 13.1. The Kier molecular flexibility index (Phi) is 9.73. The molecule has 9 nitrogen and oxygen atoms in total. The van der Waals surface area contributed by atoms with E-state index in [0.717, 1.165) is 30.4 Å². The summed E-state index contributed by atoms with van der Waals surface area (Å²) in [7, 11) is 0. The number of unbranched alkanes of at least 4 members (excludes halogenated alkanes) is 2. The molecule has 1 aliphatic heterocycles. The predicted molar refractivity (Wildman–Crippen MR) is 153 cm³/mol. The van der Waals surface area contributed by atoms with Gasteiger partial charge in [0.15, 0.2) is 11.4 Å². The lowest BCUT2D eigenvalue weighted by Crippen LogP contribution is -2.51. The van der Waals surface area contributed by atoms with Gasteiger partial charge < -0.3 is 25.4 Å². The molecule has 220 valence electrons. The van der Waals surface area contributed by atoms with Crippen LogP contribution in [-0.4, -0.2) is 63.3 Å². The van der Waals surface area contributed by atoms with Crippen LogP contribution in [0.25, 0.3) is 0 Å². The molecule has 41 heavy (non-hydrogen) atoms. The molecule has 1 aromatic carbocycles. The number of carbonyl (C=O) groups excluding carboxylic acids is 3. The van der Waals surface area contributed by atoms with Crippen molar-refractivity contribution in [1.82, 2.24) is 4.98 Å². The van der Waals surface area contributed by atoms with Crippen LogP contribution >= 0.6 is 0 Å². The van der Waals surface area contributed by atoms with E-state index in [9.17, 15) is 24.6 Å². The van der Waals surface area contributed by atoms with Crippen LogP contribution in [0.3, 0.4) is 0 Å². The molecule has 0 radical (unpaired) electrons. The molecule has 0 bridgehead atoms. The number of hydrogen-bond donors (Lipinski definition) is 3. The standard InChI is InChI=1S/C32H40N2O7/c1-3-4-5-9-24(10-8-17-35)40-30(39)32-29(38)26-12-7-6-11-25(26)28(37)31(32,41-32)19-23(20-36)21(2)13-14-22-15-16-34-27(33)18-22/h6-7,11-12,15-16,18,24,35-36H,3-5,8-10,13-14,17,19-20H2,1-2H3,(H2,33,34). The van der Waals surface area contributed by atoms with Gasteiger partial charge in [0.05, 0.1) is 6.61 Å². The van der Waals surface area contributed by atoms with Crippen LogP contribution in [0.15, 0.2) is 53.7 Å². The molecule has 2 aliphatic rings. The zero-order chi connectivity index (χ0) is 29.6. The third-order valence-corrected chi connectivity index (χ3v) is 8.22. The number of ketones is 2. The third kappa shape index (κ3) is 5.98. The number of aromatic nitrogens is 1. The molecule has 9 heteroatoms. The van der Waals surface area contributed by atoms with Gasteiger partial charge in [0.1, 0.15) is 11.9 Å². The normalized spacial score (nSPS) is 22.4. The number of aliphatic hydroxyl groups is 2. The van der Waals surface area contributed by atoms with Gasteiger partial charge in [0.2, 0.25) is 5.78 Å². The van der Waals surface area contributed by atoms with Crippen molar-refractivity contribution in [2.45, 2.75) is 88.9 Å². The molecular formula is C32H40N2O7. The Morgan fingerprint density at radius 1 is 1.07 bits per heavy atom. The maximum absolute atomic E-state index is 14.0. The monoisotopic (exact) mass is 564 g/mol. The molecule has 3 unspecified atom stereocenters. The van der Waals surface area contributed by atoms with Gasteiger partial charge in [-0.3, -0.25) is 9.59 Å². The Bertz CT molecular complexity index is 1320. The van der Waals surface area contributed by atoms with Crippen molar-refractivity contribution in [3.63, 3.8) is 0 Å². The van der Waals surface area contributed by atoms with Crippen LogP contribution in [0.4, 0.5) is 5.82 Å². The number of carbonyl (C=O) groups is 3. The summed E-state index contributed by atoms with van der Waals surface area (Å²) >= 11 is 0. The molecule has 2 aromatic rings. The highest BCUT2D eigenvalue weighted by atomic mass is 16.7. The highest BCUT2D eigenvalue weighted by Gasteiger charge is 2.85. The van der Waals surface area contributed by atoms with Gasteiger partial charge in [-0.2, -0.15) is 0 Å². The van der Waals surface area contributed by atoms with Crippen molar-refractivity contribution < 1.29 is 34.1 Å². The molecule has 4 rings (SSSR count). The van der Waals surface area contributed by atoms with Crippen LogP contribution in [-0.2, 0) is 20.7 Å². The Hall–Kier alpha value is -3.40. The van der Waals surface area contributed by atoms with E-state index >= 15 is 0 Å². The number of rotatable bonds is 15. The van der Waals surface area contributed by atoms with E-state index in [4.69, 9.17) is 15.2 Å². The lowest BCUT2D eigenvalue weighted by Gasteiger charge is -2.26. The summed E-state index contributed by atoms with van der Waals surface area (Å²) in [6.07, 6.45) is 6.44. The van der Waals surface area contributed by atoms with Crippen molar-refractivity contribution >= 4 is 23.4 Å². The first kappa shape index (κ1) is 30.6. The fourth-order valence-electron chi connectivity index (χ4n) is 5.74. The van der Waals surface area contributed by atoms with Crippen LogP contribution in [0, 0.1) is 0 Å². The fourth-order valence-corrected chi connectivity index (χ4v) is 5.74. The second-order valence-electron chi connectivity index (χ2n) is 11.0. The molecule has 0 saturated carbocycles. The minimum Gasteiger partial charge on any atom is -0.460 e. The zero-order valence-corrected chi connectivity index (χ0v) is 23.9. The first-order valence-corrected chi connectivity index (χ1v) is 14.4. The molecule has 2 heterocycles. The van der Waals surface area contributed by atoms with E-state index in [-0.39, 0.29) is 30.8 Å². The number of hydrogen-bond acceptors (Lipinski definition) is 9. The molecule has 4 N–H and O–H groups in total. The SMILES string of the molecule is CCCCCC(CCCO)OC(=O)C12OC1(CC(CO)=C(C)CCc1ccnc(N)c1)C(=O)c1ccccc1C2=O. The number of allylic oxidation sites excluding steroid dienone is 1. The lowest BCUT2D eigenvalue weighted by molar-refractivity contribution is -0.154. The van der Waals surface area contributed by atoms with Crippen LogP contribution < -0.4 is 5.73 Å². The van der Waals surface area contributed by atoms with Gasteiger partial charge in [-0.1, -0.05) is 49.6 Å². The number of nitrogens with zero attached hydrogens (tertiary/aromatic N) is 1. The summed E-state index contributed by atoms with van der Waals surface area (Å²) < 4.78 is 11.9. The van der Waals surface area contributed by atoms with E-state index in [2.05, 4.69) is 11.9 Å². The van der Waals surface area contributed by atoms with Crippen molar-refractivity contribution in [3.05, 3.63) is 70.4 Å². The lowest BCUT2D eigenvalue weighted by atomic mass is 9.71. The molecule has 1 aromatic heterocycles. The van der Waals surface area contributed by atoms with E-state index in [1.165, 1.54) is 6.07 Å². The van der Waals surface area contributed by atoms with Gasteiger partial charge in [0.25, 0.3) is 5.60 Å². The first-order valence-electron chi connectivity index (χ1n) is 14.4. The molecule has 1 fully saturated rings. The fraction of sp³-hybridized carbons (Fsp3) is 0.500. The predicted octanol–water partition coefficient (Wildman–Crippen LogP) is 4.15. The van der Waals surface area contributed by atoms with Crippen LogP contribution in [0.5, 0.6) is 0 Å². The molecule has 1 saturated heterocycles. The molecule has 3 atom stereocenters. The number of aliphatic hydroxyl groups excluding tert-OH is 2. The molecular weight excluding hydrogens is 524 g/mol. The summed E-state index contributed by atoms with van der Waals surface area (Å²) in [4.78, 5) is 45.7. The maximum atomic E-state index is 14.0. The third-order valence-electron chi connectivity index (χ3n) is 8.22. The highest BCUT2D eigenvalue weighted by molar-refractivity contribution is 6.32. The van der Waals surface area contributed by atoms with E-state index in [1.807, 2.05) is 13.0 Å². The van der Waals surface area contributed by atoms with Gasteiger partial charge in [-0.25, -0.2) is 9.78 Å². The van der Waals surface area contributed by atoms with Crippen LogP contribution in [0.1, 0.15) is 91.5 Å². The number of ether oxygens (including phenoxy) is 2. The van der Waals surface area contributed by atoms with Crippen LogP contribution in [0.2, 0.25) is 0 Å². The number of benzene rings is 1. The van der Waals surface area contributed by atoms with E-state index in [0.29, 0.717) is 43.5 Å². The van der Waals surface area contributed by atoms with E-state index < -0.39 is 34.8 Å². The van der Waals surface area contributed by atoms with Crippen molar-refractivity contribution in [3.8, 4) is 0 Å². The molecule has 0 spiro atoms. The number of nitrogens with two attached hydrogens (primary N) is 1. The minimum absolute atomic E-state index is 0.0474. The van der Waals surface area contributed by atoms with Gasteiger partial charge in [-0.15, -0.1) is 0 Å². The molecule has 1 aliphatic carbocycles. The largest absolute Gasteiger partial charge is 0.460 e. The average Bonchev–Trinajstić information content (AvgIpc) is 3.68. The van der Waals surface area contributed by atoms with Crippen molar-refractivity contribution in [2.75, 3.05) is 18.9 Å². The minimum atomic E-state index is -2.11. The van der Waals surface area contributed by atoms with Crippen molar-refractivity contribution in [2.24, 2.45) is 0 Å². The maximum Gasteiger partial charge on any atom is 0.350 e. The summed E-state index contributed by atoms with van der Waals surface area (Å²) in [5, 5.41) is 19.7. The number of epoxide rings is 1. The Morgan fingerprint density at radius 2 is 1.78 bits per heavy atom. The summed E-state index contributed by atoms with van der Waals surface area (Å²) in [6, 6.07) is 10.0. The smallest absolute Gasteiger partial charge is 0.350 e. The van der Waals surface area contributed by atoms with Crippen molar-refractivity contribution in [1.29, 1.82) is 0 Å². The average molecular weight is 565 g/mol. The van der Waals surface area contributed by atoms with Gasteiger partial charge >= 0.3 is 5.97 Å². The highest BCUT2D eigenvalue weighted by Crippen LogP contribution is 2.59. The number of aryl methyl sites for hydroxylation is 1. The Morgan fingerprint density at radius 3 is 2.44 bits per heavy atom. The molecule has 0 amide bonds. The first-order chi connectivity index (χ1) is 19.7. The summed E-state index contributed by atoms with van der Waals surface area (Å²) in [6.45, 7) is 3.52. The number of pyridine rings is 1. The zero-order valence-electron chi connectivity index (χ0n) is 23.9. The van der Waals surface area contributed by atoms with E-state index in [1.54, 1.807) is 30.5 Å². The number of Topliss-reactive ketones (excluding diaryl/α,β-unsaturated/α-hetero) is 2.